The molecule has 1 amide bonds. The summed E-state index contributed by atoms with van der Waals surface area (Å²) in [5, 5.41) is 7.48. The highest BCUT2D eigenvalue weighted by atomic mass is 35.5. The van der Waals surface area contributed by atoms with Gasteiger partial charge in [0, 0.05) is 29.1 Å². The van der Waals surface area contributed by atoms with Crippen molar-refractivity contribution in [2.75, 3.05) is 19.6 Å². The average molecular weight is 281 g/mol. The van der Waals surface area contributed by atoms with Gasteiger partial charge in [0.2, 0.25) is 0 Å². The fourth-order valence-corrected chi connectivity index (χ4v) is 2.10. The van der Waals surface area contributed by atoms with E-state index in [2.05, 4.69) is 10.6 Å². The van der Waals surface area contributed by atoms with Crippen molar-refractivity contribution in [1.29, 1.82) is 0 Å². The summed E-state index contributed by atoms with van der Waals surface area (Å²) in [6.45, 7) is 6.09. The fourth-order valence-electron chi connectivity index (χ4n) is 1.93. The van der Waals surface area contributed by atoms with Gasteiger partial charge in [0.05, 0.1) is 0 Å². The van der Waals surface area contributed by atoms with Gasteiger partial charge in [-0.05, 0) is 31.7 Å². The second kappa shape index (κ2) is 6.08. The van der Waals surface area contributed by atoms with Crippen LogP contribution in [0.4, 0.5) is 0 Å². The van der Waals surface area contributed by atoms with Crippen LogP contribution in [0, 0.1) is 6.92 Å². The summed E-state index contributed by atoms with van der Waals surface area (Å²) in [5.41, 5.74) is 1.50. The number of benzene rings is 1. The molecule has 1 aromatic carbocycles. The zero-order valence-corrected chi connectivity index (χ0v) is 11.8. The van der Waals surface area contributed by atoms with Gasteiger partial charge in [0.1, 0.15) is 5.58 Å². The molecule has 2 N–H and O–H groups in total. The van der Waals surface area contributed by atoms with E-state index in [1.165, 1.54) is 0 Å². The van der Waals surface area contributed by atoms with E-state index in [-0.39, 0.29) is 5.91 Å². The van der Waals surface area contributed by atoms with E-state index in [9.17, 15) is 4.79 Å². The normalized spacial score (nSPS) is 10.9. The summed E-state index contributed by atoms with van der Waals surface area (Å²) < 4.78 is 5.58. The van der Waals surface area contributed by atoms with Crippen LogP contribution in [-0.4, -0.2) is 25.5 Å². The first kappa shape index (κ1) is 13.9. The Labute approximate surface area is 117 Å². The molecule has 2 aromatic rings. The van der Waals surface area contributed by atoms with Crippen LogP contribution in [-0.2, 0) is 0 Å². The second-order valence-electron chi connectivity index (χ2n) is 4.31. The molecule has 0 atom stereocenters. The average Bonchev–Trinajstić information content (AvgIpc) is 2.72. The van der Waals surface area contributed by atoms with Gasteiger partial charge in [-0.1, -0.05) is 18.5 Å². The number of amides is 1. The van der Waals surface area contributed by atoms with Crippen molar-refractivity contribution in [2.24, 2.45) is 0 Å². The smallest absolute Gasteiger partial charge is 0.287 e. The third kappa shape index (κ3) is 3.08. The Morgan fingerprint density at radius 2 is 2.16 bits per heavy atom. The lowest BCUT2D eigenvalue weighted by atomic mass is 10.1. The number of fused-ring (bicyclic) bond motifs is 1. The number of carbonyl (C=O) groups is 1. The Morgan fingerprint density at radius 1 is 1.37 bits per heavy atom. The quantitative estimate of drug-likeness (QED) is 0.828. The highest BCUT2D eigenvalue weighted by Crippen LogP contribution is 2.27. The summed E-state index contributed by atoms with van der Waals surface area (Å²) in [6, 6.07) is 5.34. The molecule has 5 heteroatoms. The molecule has 102 valence electrons. The molecule has 0 spiro atoms. The minimum absolute atomic E-state index is 0.192. The molecule has 1 heterocycles. The topological polar surface area (TPSA) is 54.3 Å². The third-order valence-electron chi connectivity index (χ3n) is 2.94. The van der Waals surface area contributed by atoms with Crippen LogP contribution in [0.15, 0.2) is 22.6 Å². The number of halogens is 1. The highest BCUT2D eigenvalue weighted by Gasteiger charge is 2.17. The first-order chi connectivity index (χ1) is 9.13. The van der Waals surface area contributed by atoms with Crippen molar-refractivity contribution in [1.82, 2.24) is 10.6 Å². The minimum atomic E-state index is -0.192. The van der Waals surface area contributed by atoms with Gasteiger partial charge >= 0.3 is 0 Å². The highest BCUT2D eigenvalue weighted by molar-refractivity contribution is 6.31. The van der Waals surface area contributed by atoms with E-state index >= 15 is 0 Å². The Hall–Kier alpha value is -1.52. The molecular weight excluding hydrogens is 264 g/mol. The van der Waals surface area contributed by atoms with E-state index in [4.69, 9.17) is 16.0 Å². The van der Waals surface area contributed by atoms with Gasteiger partial charge in [0.15, 0.2) is 5.76 Å². The summed E-state index contributed by atoms with van der Waals surface area (Å²) in [7, 11) is 0. The van der Waals surface area contributed by atoms with Crippen molar-refractivity contribution < 1.29 is 9.21 Å². The number of rotatable bonds is 5. The molecule has 0 saturated carbocycles. The zero-order valence-electron chi connectivity index (χ0n) is 11.0. The Kier molecular flexibility index (Phi) is 4.45. The predicted molar refractivity (Wildman–Crippen MR) is 76.8 cm³/mol. The third-order valence-corrected chi connectivity index (χ3v) is 3.18. The maximum Gasteiger partial charge on any atom is 0.287 e. The second-order valence-corrected chi connectivity index (χ2v) is 4.74. The SMILES string of the molecule is CCNCCNC(=O)c1oc2ccc(Cl)cc2c1C. The lowest BCUT2D eigenvalue weighted by Crippen LogP contribution is -2.31. The molecule has 0 bridgehead atoms. The van der Waals surface area contributed by atoms with Crippen molar-refractivity contribution in [2.45, 2.75) is 13.8 Å². The molecule has 0 aliphatic rings. The van der Waals surface area contributed by atoms with Gasteiger partial charge < -0.3 is 15.1 Å². The largest absolute Gasteiger partial charge is 0.451 e. The van der Waals surface area contributed by atoms with Crippen LogP contribution in [0.1, 0.15) is 23.0 Å². The first-order valence-electron chi connectivity index (χ1n) is 6.31. The lowest BCUT2D eigenvalue weighted by Gasteiger charge is -2.03. The summed E-state index contributed by atoms with van der Waals surface area (Å²) in [6.07, 6.45) is 0. The number of furan rings is 1. The summed E-state index contributed by atoms with van der Waals surface area (Å²) in [5.74, 6) is 0.163. The molecule has 19 heavy (non-hydrogen) atoms. The molecule has 0 unspecified atom stereocenters. The molecule has 0 saturated heterocycles. The van der Waals surface area contributed by atoms with E-state index in [1.807, 2.05) is 19.9 Å². The number of hydrogen-bond acceptors (Lipinski definition) is 3. The molecule has 0 radical (unpaired) electrons. The maximum atomic E-state index is 12.0. The van der Waals surface area contributed by atoms with Crippen molar-refractivity contribution >= 4 is 28.5 Å². The molecule has 1 aromatic heterocycles. The molecular formula is C14H17ClN2O2. The fraction of sp³-hybridized carbons (Fsp3) is 0.357. The molecule has 0 fully saturated rings. The van der Waals surface area contributed by atoms with Crippen LogP contribution in [0.2, 0.25) is 5.02 Å². The number of likely N-dealkylation sites (N-methyl/N-ethyl adjacent to an activating group) is 1. The standard InChI is InChI=1S/C14H17ClN2O2/c1-3-16-6-7-17-14(18)13-9(2)11-8-10(15)4-5-12(11)19-13/h4-5,8,16H,3,6-7H2,1-2H3,(H,17,18). The summed E-state index contributed by atoms with van der Waals surface area (Å²) >= 11 is 5.95. The molecule has 2 rings (SSSR count). The number of hydrogen-bond donors (Lipinski definition) is 2. The van der Waals surface area contributed by atoms with Gasteiger partial charge in [-0.25, -0.2) is 0 Å². The van der Waals surface area contributed by atoms with Crippen LogP contribution in [0.5, 0.6) is 0 Å². The van der Waals surface area contributed by atoms with Crippen molar-refractivity contribution in [3.8, 4) is 0 Å². The lowest BCUT2D eigenvalue weighted by molar-refractivity contribution is 0.0927. The van der Waals surface area contributed by atoms with E-state index in [0.717, 1.165) is 24.0 Å². The molecule has 0 aliphatic carbocycles. The minimum Gasteiger partial charge on any atom is -0.451 e. The molecule has 0 aliphatic heterocycles. The van der Waals surface area contributed by atoms with Gasteiger partial charge in [-0.2, -0.15) is 0 Å². The van der Waals surface area contributed by atoms with Crippen LogP contribution in [0.25, 0.3) is 11.0 Å². The van der Waals surface area contributed by atoms with Gasteiger partial charge in [-0.3, -0.25) is 4.79 Å². The number of nitrogens with one attached hydrogen (secondary N) is 2. The first-order valence-corrected chi connectivity index (χ1v) is 6.69. The Balaban J connectivity index is 2.16. The van der Waals surface area contributed by atoms with Crippen LogP contribution >= 0.6 is 11.6 Å². The monoisotopic (exact) mass is 280 g/mol. The number of aryl methyl sites for hydroxylation is 1. The van der Waals surface area contributed by atoms with E-state index in [1.54, 1.807) is 12.1 Å². The van der Waals surface area contributed by atoms with Crippen molar-refractivity contribution in [3.63, 3.8) is 0 Å². The maximum absolute atomic E-state index is 12.0. The zero-order chi connectivity index (χ0) is 13.8. The number of carbonyl (C=O) groups excluding carboxylic acids is 1. The van der Waals surface area contributed by atoms with Gasteiger partial charge in [0.25, 0.3) is 5.91 Å². The van der Waals surface area contributed by atoms with Crippen LogP contribution in [0.3, 0.4) is 0 Å². The Bertz CT molecular complexity index is 592. The van der Waals surface area contributed by atoms with Crippen molar-refractivity contribution in [3.05, 3.63) is 34.5 Å². The van der Waals surface area contributed by atoms with Crippen LogP contribution < -0.4 is 10.6 Å². The van der Waals surface area contributed by atoms with E-state index in [0.29, 0.717) is 22.9 Å². The predicted octanol–water partition coefficient (Wildman–Crippen LogP) is 2.73. The van der Waals surface area contributed by atoms with E-state index < -0.39 is 0 Å². The van der Waals surface area contributed by atoms with Gasteiger partial charge in [-0.15, -0.1) is 0 Å². The summed E-state index contributed by atoms with van der Waals surface area (Å²) in [4.78, 5) is 12.0. The molecule has 4 nitrogen and oxygen atoms in total. The Morgan fingerprint density at radius 3 is 2.89 bits per heavy atom.